The number of rotatable bonds is 16. The summed E-state index contributed by atoms with van der Waals surface area (Å²) in [4.78, 5) is 62.4. The van der Waals surface area contributed by atoms with Crippen molar-refractivity contribution in [2.45, 2.75) is 142 Å². The number of hydrogen-bond donors (Lipinski definition) is 5. The van der Waals surface area contributed by atoms with Gasteiger partial charge in [0.2, 0.25) is 17.7 Å². The minimum Gasteiger partial charge on any atom is -0.460 e. The number of amides is 4. The Bertz CT molecular complexity index is 1160. The Morgan fingerprint density at radius 3 is 1.91 bits per heavy atom. The summed E-state index contributed by atoms with van der Waals surface area (Å²) in [5.41, 5.74) is 12.5. The van der Waals surface area contributed by atoms with Gasteiger partial charge in [0.15, 0.2) is 0 Å². The molecule has 12 nitrogen and oxygen atoms in total. The molecule has 0 bridgehead atoms. The molecule has 0 unspecified atom stereocenters. The molecule has 46 heavy (non-hydrogen) atoms. The van der Waals surface area contributed by atoms with Crippen LogP contribution in [0.15, 0.2) is 24.3 Å². The number of nitrogens with two attached hydrogens (primary N) is 2. The van der Waals surface area contributed by atoms with Gasteiger partial charge in [-0.25, -0.2) is 4.79 Å². The molecule has 12 heteroatoms. The van der Waals surface area contributed by atoms with Crippen LogP contribution >= 0.6 is 0 Å². The largest absolute Gasteiger partial charge is 0.460 e. The molecule has 0 spiro atoms. The first-order chi connectivity index (χ1) is 21.1. The fourth-order valence-electron chi connectivity index (χ4n) is 4.45. The summed E-state index contributed by atoms with van der Waals surface area (Å²) in [6.45, 7) is 17.2. The molecule has 0 saturated heterocycles. The van der Waals surface area contributed by atoms with Gasteiger partial charge in [-0.3, -0.25) is 19.2 Å². The summed E-state index contributed by atoms with van der Waals surface area (Å²) in [5, 5.41) is 8.09. The molecule has 0 aliphatic rings. The van der Waals surface area contributed by atoms with E-state index >= 15 is 0 Å². The first kappa shape index (κ1) is 40.4. The van der Waals surface area contributed by atoms with Crippen LogP contribution in [0.4, 0.5) is 4.79 Å². The number of ether oxygens (including phenoxy) is 2. The highest BCUT2D eigenvalue weighted by molar-refractivity contribution is 5.87. The van der Waals surface area contributed by atoms with Crippen molar-refractivity contribution in [2.75, 3.05) is 6.54 Å². The monoisotopic (exact) mass is 647 g/mol. The van der Waals surface area contributed by atoms with Crippen LogP contribution in [-0.2, 0) is 40.5 Å². The summed E-state index contributed by atoms with van der Waals surface area (Å²) in [5.74, 6) is -2.16. The maximum absolute atomic E-state index is 13.1. The Morgan fingerprint density at radius 2 is 1.39 bits per heavy atom. The van der Waals surface area contributed by atoms with Gasteiger partial charge in [-0.1, -0.05) is 45.0 Å². The van der Waals surface area contributed by atoms with Crippen molar-refractivity contribution in [3.8, 4) is 0 Å². The van der Waals surface area contributed by atoms with Gasteiger partial charge in [0.05, 0.1) is 6.04 Å². The van der Waals surface area contributed by atoms with E-state index in [0.717, 1.165) is 11.1 Å². The van der Waals surface area contributed by atoms with Crippen molar-refractivity contribution in [1.29, 1.82) is 0 Å². The fourth-order valence-corrected chi connectivity index (χ4v) is 4.45. The number of carbonyl (C=O) groups is 5. The zero-order valence-corrected chi connectivity index (χ0v) is 29.2. The lowest BCUT2D eigenvalue weighted by molar-refractivity contribution is -0.155. The van der Waals surface area contributed by atoms with Crippen LogP contribution < -0.4 is 27.4 Å². The summed E-state index contributed by atoms with van der Waals surface area (Å²) in [6, 6.07) is 5.33. The summed E-state index contributed by atoms with van der Waals surface area (Å²) >= 11 is 0. The summed E-state index contributed by atoms with van der Waals surface area (Å²) in [6.07, 6.45) is 0.911. The summed E-state index contributed by atoms with van der Waals surface area (Å²) in [7, 11) is 0. The molecular formula is C34H57N5O7. The minimum atomic E-state index is -0.949. The van der Waals surface area contributed by atoms with Crippen LogP contribution in [0.1, 0.15) is 112 Å². The second-order valence-corrected chi connectivity index (χ2v) is 14.7. The maximum Gasteiger partial charge on any atom is 0.407 e. The van der Waals surface area contributed by atoms with Gasteiger partial charge < -0.3 is 36.9 Å². The molecule has 260 valence electrons. The van der Waals surface area contributed by atoms with Crippen molar-refractivity contribution in [1.82, 2.24) is 16.0 Å². The Labute approximate surface area is 274 Å². The quantitative estimate of drug-likeness (QED) is 0.133. The van der Waals surface area contributed by atoms with Gasteiger partial charge in [0.1, 0.15) is 17.2 Å². The lowest BCUT2D eigenvalue weighted by Crippen LogP contribution is -2.50. The Kier molecular flexibility index (Phi) is 15.7. The zero-order valence-electron chi connectivity index (χ0n) is 29.2. The molecule has 0 heterocycles. The molecule has 3 atom stereocenters. The Morgan fingerprint density at radius 1 is 0.804 bits per heavy atom. The number of nitrogens with one attached hydrogen (secondary N) is 3. The minimum absolute atomic E-state index is 0.00748. The van der Waals surface area contributed by atoms with E-state index in [9.17, 15) is 24.0 Å². The fraction of sp³-hybridized carbons (Fsp3) is 0.676. The van der Waals surface area contributed by atoms with Gasteiger partial charge in [0, 0.05) is 25.4 Å². The second kappa shape index (κ2) is 17.9. The molecule has 1 aromatic carbocycles. The number of carbonyl (C=O) groups excluding carboxylic acids is 5. The molecule has 0 aliphatic heterocycles. The number of alkyl carbamates (subject to hydrolysis) is 1. The van der Waals surface area contributed by atoms with E-state index in [1.54, 1.807) is 41.5 Å². The number of benzene rings is 1. The van der Waals surface area contributed by atoms with Gasteiger partial charge in [-0.15, -0.1) is 0 Å². The second-order valence-electron chi connectivity index (χ2n) is 14.7. The third-order valence-corrected chi connectivity index (χ3v) is 6.77. The summed E-state index contributed by atoms with van der Waals surface area (Å²) < 4.78 is 10.6. The molecule has 1 aromatic rings. The molecule has 4 amide bonds. The van der Waals surface area contributed by atoms with Crippen LogP contribution in [0, 0.1) is 0 Å². The van der Waals surface area contributed by atoms with E-state index in [0.29, 0.717) is 19.4 Å². The van der Waals surface area contributed by atoms with E-state index < -0.39 is 59.1 Å². The van der Waals surface area contributed by atoms with Crippen molar-refractivity contribution >= 4 is 29.8 Å². The molecule has 0 aliphatic carbocycles. The highest BCUT2D eigenvalue weighted by Gasteiger charge is 2.26. The third-order valence-electron chi connectivity index (χ3n) is 6.77. The number of esters is 1. The number of unbranched alkanes of at least 4 members (excludes halogenated alkanes) is 1. The maximum atomic E-state index is 13.1. The first-order valence-electron chi connectivity index (χ1n) is 16.0. The zero-order chi connectivity index (χ0) is 35.3. The number of hydrogen-bond acceptors (Lipinski definition) is 8. The third kappa shape index (κ3) is 17.7. The average Bonchev–Trinajstić information content (AvgIpc) is 2.88. The standard InChI is InChI=1S/C34H57N5O7/c1-32(2,3)23-15-13-22(14-16-23)20-25(35)30(43)38-24(17-18-28(41)45-33(4,5)6)21-27(40)39-26(29(36)42)12-10-11-19-37-31(44)46-34(7,8)9/h13-16,24-26H,10-12,17-21,35H2,1-9H3,(H2,36,42)(H,37,44)(H,38,43)(H,39,40)/t24-,25-,26+/m0/s1. The van der Waals surface area contributed by atoms with Crippen molar-refractivity contribution in [3.05, 3.63) is 35.4 Å². The molecule has 0 aromatic heterocycles. The molecular weight excluding hydrogens is 590 g/mol. The smallest absolute Gasteiger partial charge is 0.407 e. The lowest BCUT2D eigenvalue weighted by atomic mass is 9.86. The first-order valence-corrected chi connectivity index (χ1v) is 16.0. The van der Waals surface area contributed by atoms with E-state index in [4.69, 9.17) is 20.9 Å². The Hall–Kier alpha value is -3.67. The van der Waals surface area contributed by atoms with Crippen molar-refractivity contribution < 1.29 is 33.4 Å². The van der Waals surface area contributed by atoms with Crippen LogP contribution in [-0.4, -0.2) is 65.7 Å². The molecule has 0 fully saturated rings. The van der Waals surface area contributed by atoms with Crippen LogP contribution in [0.25, 0.3) is 0 Å². The molecule has 7 N–H and O–H groups in total. The van der Waals surface area contributed by atoms with E-state index in [1.165, 1.54) is 0 Å². The number of primary amides is 1. The van der Waals surface area contributed by atoms with E-state index in [2.05, 4.69) is 36.7 Å². The highest BCUT2D eigenvalue weighted by atomic mass is 16.6. The topological polar surface area (TPSA) is 192 Å². The molecule has 0 saturated carbocycles. The van der Waals surface area contributed by atoms with Gasteiger partial charge in [-0.2, -0.15) is 0 Å². The predicted octanol–water partition coefficient (Wildman–Crippen LogP) is 3.52. The van der Waals surface area contributed by atoms with Gasteiger partial charge in [0.25, 0.3) is 0 Å². The van der Waals surface area contributed by atoms with Crippen LogP contribution in [0.3, 0.4) is 0 Å². The van der Waals surface area contributed by atoms with Crippen LogP contribution in [0.2, 0.25) is 0 Å². The molecule has 0 radical (unpaired) electrons. The van der Waals surface area contributed by atoms with Crippen molar-refractivity contribution in [3.63, 3.8) is 0 Å². The van der Waals surface area contributed by atoms with Gasteiger partial charge in [-0.05, 0) is 90.2 Å². The highest BCUT2D eigenvalue weighted by Crippen LogP contribution is 2.22. The SMILES string of the molecule is CC(C)(C)OC(=O)CC[C@@H](CC(=O)N[C@H](CCCCNC(=O)OC(C)(C)C)C(N)=O)NC(=O)[C@@H](N)Cc1ccc(C(C)(C)C)cc1. The predicted molar refractivity (Wildman–Crippen MR) is 178 cm³/mol. The normalized spacial score (nSPS) is 14.0. The molecule has 1 rings (SSSR count). The average molecular weight is 648 g/mol. The van der Waals surface area contributed by atoms with Gasteiger partial charge >= 0.3 is 12.1 Å². The Balaban J connectivity index is 2.81. The van der Waals surface area contributed by atoms with E-state index in [1.807, 2.05) is 24.3 Å². The van der Waals surface area contributed by atoms with Crippen molar-refractivity contribution in [2.24, 2.45) is 11.5 Å². The van der Waals surface area contributed by atoms with Crippen LogP contribution in [0.5, 0.6) is 0 Å². The van der Waals surface area contributed by atoms with E-state index in [-0.39, 0.29) is 37.5 Å². The lowest BCUT2D eigenvalue weighted by Gasteiger charge is -2.24.